The Bertz CT molecular complexity index is 980. The van der Waals surface area contributed by atoms with E-state index in [-0.39, 0.29) is 0 Å². The van der Waals surface area contributed by atoms with Crippen molar-refractivity contribution < 1.29 is 0 Å². The zero-order valence-electron chi connectivity index (χ0n) is 13.6. The summed E-state index contributed by atoms with van der Waals surface area (Å²) in [7, 11) is 0. The first-order valence-electron chi connectivity index (χ1n) is 8.20. The third-order valence-electron chi connectivity index (χ3n) is 4.19. The molecule has 0 N–H and O–H groups in total. The molecule has 0 bridgehead atoms. The van der Waals surface area contributed by atoms with Crippen LogP contribution in [0.3, 0.4) is 0 Å². The van der Waals surface area contributed by atoms with Crippen LogP contribution in [-0.4, -0.2) is 4.98 Å². The molecule has 0 spiro atoms. The van der Waals surface area contributed by atoms with Gasteiger partial charge in [0.25, 0.3) is 0 Å². The molecule has 120 valence electrons. The molecule has 0 unspecified atom stereocenters. The fraction of sp³-hybridized carbons (Fsp3) is 0. The lowest BCUT2D eigenvalue weighted by molar-refractivity contribution is 1.28. The number of hydrogen-bond donors (Lipinski definition) is 0. The summed E-state index contributed by atoms with van der Waals surface area (Å²) in [6.07, 6.45) is 0. The smallest absolute Gasteiger partial charge is 0.115 e. The van der Waals surface area contributed by atoms with E-state index in [9.17, 15) is 0 Å². The molecule has 1 aromatic heterocycles. The molecule has 4 aromatic rings. The number of aromatic nitrogens is 1. The van der Waals surface area contributed by atoms with Gasteiger partial charge >= 0.3 is 0 Å². The van der Waals surface area contributed by atoms with Crippen LogP contribution in [0.4, 0.5) is 0 Å². The van der Waals surface area contributed by atoms with Crippen LogP contribution in [0.5, 0.6) is 0 Å². The van der Waals surface area contributed by atoms with Crippen molar-refractivity contribution in [2.75, 3.05) is 0 Å². The maximum Gasteiger partial charge on any atom is 0.115 e. The van der Waals surface area contributed by atoms with E-state index in [4.69, 9.17) is 4.98 Å². The Hall–Kier alpha value is -2.71. The van der Waals surface area contributed by atoms with Crippen molar-refractivity contribution in [3.63, 3.8) is 0 Å². The normalized spacial score (nSPS) is 10.6. The molecule has 0 amide bonds. The quantitative estimate of drug-likeness (QED) is 0.351. The van der Waals surface area contributed by atoms with Crippen molar-refractivity contribution in [2.24, 2.45) is 0 Å². The maximum absolute atomic E-state index is 4.82. The Morgan fingerprint density at radius 2 is 1.04 bits per heavy atom. The van der Waals surface area contributed by atoms with E-state index in [2.05, 4.69) is 82.7 Å². The lowest BCUT2D eigenvalue weighted by Crippen LogP contribution is -1.93. The fourth-order valence-corrected chi connectivity index (χ4v) is 3.63. The lowest BCUT2D eigenvalue weighted by atomic mass is 9.94. The van der Waals surface area contributed by atoms with Crippen molar-refractivity contribution in [2.45, 2.75) is 0 Å². The van der Waals surface area contributed by atoms with Crippen LogP contribution in [-0.2, 0) is 0 Å². The van der Waals surface area contributed by atoms with Gasteiger partial charge in [0.05, 0.1) is 5.69 Å². The molecule has 2 heteroatoms. The summed E-state index contributed by atoms with van der Waals surface area (Å²) in [6, 6.07) is 33.3. The second-order valence-corrected chi connectivity index (χ2v) is 6.57. The first kappa shape index (κ1) is 15.8. The number of nitrogens with zero attached hydrogens (tertiary/aromatic N) is 1. The topological polar surface area (TPSA) is 12.9 Å². The van der Waals surface area contributed by atoms with E-state index in [1.54, 1.807) is 0 Å². The zero-order valence-corrected chi connectivity index (χ0v) is 15.1. The summed E-state index contributed by atoms with van der Waals surface area (Å²) in [5.74, 6) is 0. The molecule has 0 aliphatic rings. The van der Waals surface area contributed by atoms with Crippen LogP contribution in [0.2, 0.25) is 0 Å². The number of hydrogen-bond acceptors (Lipinski definition) is 1. The molecule has 0 saturated heterocycles. The summed E-state index contributed by atoms with van der Waals surface area (Å²) in [5, 5.41) is 0. The summed E-state index contributed by atoms with van der Waals surface area (Å²) >= 11 is 3.72. The molecular weight excluding hydrogens is 370 g/mol. The van der Waals surface area contributed by atoms with E-state index >= 15 is 0 Å². The number of halogens is 1. The van der Waals surface area contributed by atoms with Crippen molar-refractivity contribution in [3.8, 4) is 33.5 Å². The van der Waals surface area contributed by atoms with Crippen molar-refractivity contribution in [3.05, 3.63) is 102 Å². The van der Waals surface area contributed by atoms with Gasteiger partial charge in [0.15, 0.2) is 0 Å². The first-order valence-corrected chi connectivity index (χ1v) is 8.99. The van der Waals surface area contributed by atoms with E-state index in [1.807, 2.05) is 30.3 Å². The Labute approximate surface area is 156 Å². The number of benzene rings is 3. The third kappa shape index (κ3) is 3.26. The van der Waals surface area contributed by atoms with Crippen molar-refractivity contribution in [1.82, 2.24) is 4.98 Å². The average molecular weight is 386 g/mol. The van der Waals surface area contributed by atoms with Gasteiger partial charge in [0.1, 0.15) is 4.60 Å². The molecule has 0 saturated carbocycles. The molecule has 0 radical (unpaired) electrons. The van der Waals surface area contributed by atoms with Crippen LogP contribution < -0.4 is 0 Å². The van der Waals surface area contributed by atoms with Crippen LogP contribution in [0.15, 0.2) is 102 Å². The monoisotopic (exact) mass is 385 g/mol. The highest BCUT2D eigenvalue weighted by molar-refractivity contribution is 9.10. The minimum absolute atomic E-state index is 0.860. The molecular formula is C23H16BrN. The third-order valence-corrected chi connectivity index (χ3v) is 4.77. The summed E-state index contributed by atoms with van der Waals surface area (Å²) in [4.78, 5) is 4.82. The van der Waals surface area contributed by atoms with Crippen LogP contribution in [0.1, 0.15) is 0 Å². The highest BCUT2D eigenvalue weighted by atomic mass is 79.9. The van der Waals surface area contributed by atoms with E-state index in [0.717, 1.165) is 27.0 Å². The molecule has 0 atom stereocenters. The molecule has 25 heavy (non-hydrogen) atoms. The highest BCUT2D eigenvalue weighted by Gasteiger charge is 2.15. The summed E-state index contributed by atoms with van der Waals surface area (Å²) in [6.45, 7) is 0. The Balaban J connectivity index is 1.99. The van der Waals surface area contributed by atoms with E-state index < -0.39 is 0 Å². The SMILES string of the molecule is Brc1nc(-c2ccccc2)cc(-c2ccccc2)c1-c1ccccc1. The van der Waals surface area contributed by atoms with Crippen molar-refractivity contribution in [1.29, 1.82) is 0 Å². The lowest BCUT2D eigenvalue weighted by Gasteiger charge is -2.14. The minimum Gasteiger partial charge on any atom is -0.240 e. The standard InChI is InChI=1S/C23H16BrN/c24-23-22(19-14-8-3-9-15-19)20(17-10-4-1-5-11-17)16-21(25-23)18-12-6-2-7-13-18/h1-16H. The predicted molar refractivity (Wildman–Crippen MR) is 108 cm³/mol. The first-order chi connectivity index (χ1) is 12.3. The van der Waals surface area contributed by atoms with E-state index in [1.165, 1.54) is 11.1 Å². The van der Waals surface area contributed by atoms with Crippen molar-refractivity contribution >= 4 is 15.9 Å². The summed E-state index contributed by atoms with van der Waals surface area (Å²) in [5.41, 5.74) is 6.70. The molecule has 1 nitrogen and oxygen atoms in total. The van der Waals surface area contributed by atoms with Gasteiger partial charge in [-0.25, -0.2) is 4.98 Å². The molecule has 3 aromatic carbocycles. The van der Waals surface area contributed by atoms with Crippen LogP contribution >= 0.6 is 15.9 Å². The Morgan fingerprint density at radius 3 is 1.60 bits per heavy atom. The average Bonchev–Trinajstić information content (AvgIpc) is 2.69. The van der Waals surface area contributed by atoms with Gasteiger partial charge < -0.3 is 0 Å². The van der Waals surface area contributed by atoms with Gasteiger partial charge in [-0.2, -0.15) is 0 Å². The molecule has 1 heterocycles. The molecule has 4 rings (SSSR count). The van der Waals surface area contributed by atoms with Crippen LogP contribution in [0.25, 0.3) is 33.5 Å². The van der Waals surface area contributed by atoms with Gasteiger partial charge in [-0.1, -0.05) is 91.0 Å². The van der Waals surface area contributed by atoms with Gasteiger partial charge in [0.2, 0.25) is 0 Å². The zero-order chi connectivity index (χ0) is 17.1. The molecule has 0 fully saturated rings. The number of pyridine rings is 1. The van der Waals surface area contributed by atoms with Gasteiger partial charge in [-0.3, -0.25) is 0 Å². The number of rotatable bonds is 3. The predicted octanol–water partition coefficient (Wildman–Crippen LogP) is 6.85. The van der Waals surface area contributed by atoms with Crippen LogP contribution in [0, 0.1) is 0 Å². The molecule has 0 aliphatic carbocycles. The van der Waals surface area contributed by atoms with Gasteiger partial charge in [0, 0.05) is 11.1 Å². The van der Waals surface area contributed by atoms with Gasteiger partial charge in [-0.15, -0.1) is 0 Å². The summed E-state index contributed by atoms with van der Waals surface area (Å²) < 4.78 is 0.860. The second-order valence-electron chi connectivity index (χ2n) is 5.82. The van der Waals surface area contributed by atoms with E-state index in [0.29, 0.717) is 0 Å². The second kappa shape index (κ2) is 7.04. The maximum atomic E-state index is 4.82. The fourth-order valence-electron chi connectivity index (χ4n) is 3.00. The Morgan fingerprint density at radius 1 is 0.560 bits per heavy atom. The van der Waals surface area contributed by atoms with Gasteiger partial charge in [-0.05, 0) is 38.7 Å². The minimum atomic E-state index is 0.860. The largest absolute Gasteiger partial charge is 0.240 e. The highest BCUT2D eigenvalue weighted by Crippen LogP contribution is 2.39. The Kier molecular flexibility index (Phi) is 4.45. The molecule has 0 aliphatic heterocycles.